The fourth-order valence-electron chi connectivity index (χ4n) is 1.91. The van der Waals surface area contributed by atoms with Crippen LogP contribution in [0, 0.1) is 0 Å². The third-order valence-corrected chi connectivity index (χ3v) is 3.73. The molecule has 0 saturated heterocycles. The van der Waals surface area contributed by atoms with Gasteiger partial charge in [0.15, 0.2) is 17.3 Å². The van der Waals surface area contributed by atoms with Crippen molar-refractivity contribution in [2.45, 2.75) is 0 Å². The number of carbonyl (C=O) groups excluding carboxylic acids is 1. The van der Waals surface area contributed by atoms with Crippen LogP contribution in [-0.2, 0) is 0 Å². The molecule has 0 aliphatic carbocycles. The Labute approximate surface area is 139 Å². The highest BCUT2D eigenvalue weighted by Crippen LogP contribution is 2.29. The fourth-order valence-corrected chi connectivity index (χ4v) is 2.44. The summed E-state index contributed by atoms with van der Waals surface area (Å²) in [5.41, 5.74) is 1.09. The maximum absolute atomic E-state index is 12.2. The molecular weight excluding hydrogens is 323 g/mol. The van der Waals surface area contributed by atoms with E-state index in [1.165, 1.54) is 13.2 Å². The van der Waals surface area contributed by atoms with E-state index in [4.69, 9.17) is 32.7 Å². The Kier molecular flexibility index (Phi) is 5.47. The number of benzene rings is 2. The molecule has 3 nitrogen and oxygen atoms in total. The van der Waals surface area contributed by atoms with Gasteiger partial charge in [-0.1, -0.05) is 29.3 Å². The van der Waals surface area contributed by atoms with Crippen LogP contribution in [0.2, 0.25) is 10.0 Å². The zero-order valence-electron chi connectivity index (χ0n) is 12.1. The Balaban J connectivity index is 2.27. The summed E-state index contributed by atoms with van der Waals surface area (Å²) in [6.07, 6.45) is 3.03. The smallest absolute Gasteiger partial charge is 0.185 e. The van der Waals surface area contributed by atoms with Gasteiger partial charge in [-0.05, 0) is 42.5 Å². The molecule has 0 N–H and O–H groups in total. The lowest BCUT2D eigenvalue weighted by molar-refractivity contribution is 0.104. The summed E-state index contributed by atoms with van der Waals surface area (Å²) in [7, 11) is 3.06. The number of carbonyl (C=O) groups is 1. The van der Waals surface area contributed by atoms with Crippen molar-refractivity contribution in [2.24, 2.45) is 0 Å². The van der Waals surface area contributed by atoms with Crippen molar-refractivity contribution in [1.29, 1.82) is 0 Å². The molecular formula is C17H14Cl2O3. The molecule has 0 spiro atoms. The lowest BCUT2D eigenvalue weighted by Gasteiger charge is -2.08. The topological polar surface area (TPSA) is 35.5 Å². The average molecular weight is 337 g/mol. The third kappa shape index (κ3) is 3.62. The van der Waals surface area contributed by atoms with E-state index in [1.54, 1.807) is 49.6 Å². The highest BCUT2D eigenvalue weighted by molar-refractivity contribution is 6.37. The van der Waals surface area contributed by atoms with Crippen molar-refractivity contribution < 1.29 is 14.3 Å². The molecule has 0 aromatic heterocycles. The van der Waals surface area contributed by atoms with Gasteiger partial charge in [0.2, 0.25) is 0 Å². The van der Waals surface area contributed by atoms with Gasteiger partial charge in [0, 0.05) is 21.2 Å². The van der Waals surface area contributed by atoms with Crippen LogP contribution in [0.25, 0.3) is 6.08 Å². The average Bonchev–Trinajstić information content (AvgIpc) is 2.53. The van der Waals surface area contributed by atoms with Crippen LogP contribution in [-0.4, -0.2) is 20.0 Å². The van der Waals surface area contributed by atoms with E-state index < -0.39 is 0 Å². The van der Waals surface area contributed by atoms with E-state index in [2.05, 4.69) is 0 Å². The van der Waals surface area contributed by atoms with Crippen molar-refractivity contribution in [3.63, 3.8) is 0 Å². The maximum atomic E-state index is 12.2. The van der Waals surface area contributed by atoms with Gasteiger partial charge in [0.1, 0.15) is 0 Å². The minimum atomic E-state index is -0.183. The first-order valence-electron chi connectivity index (χ1n) is 6.45. The quantitative estimate of drug-likeness (QED) is 0.575. The highest BCUT2D eigenvalue weighted by Gasteiger charge is 2.09. The Morgan fingerprint density at radius 1 is 1.00 bits per heavy atom. The first-order valence-corrected chi connectivity index (χ1v) is 7.21. The predicted molar refractivity (Wildman–Crippen MR) is 89.4 cm³/mol. The molecule has 2 rings (SSSR count). The Morgan fingerprint density at radius 2 is 1.64 bits per heavy atom. The zero-order valence-corrected chi connectivity index (χ0v) is 13.6. The number of hydrogen-bond donors (Lipinski definition) is 0. The molecule has 0 aliphatic rings. The van der Waals surface area contributed by atoms with Crippen LogP contribution in [0.15, 0.2) is 42.5 Å². The summed E-state index contributed by atoms with van der Waals surface area (Å²) in [5, 5.41) is 0.979. The molecule has 0 fully saturated rings. The second-order valence-electron chi connectivity index (χ2n) is 4.40. The first kappa shape index (κ1) is 16.4. The number of rotatable bonds is 5. The monoisotopic (exact) mass is 336 g/mol. The maximum Gasteiger partial charge on any atom is 0.185 e. The van der Waals surface area contributed by atoms with Crippen molar-refractivity contribution in [3.05, 3.63) is 63.6 Å². The van der Waals surface area contributed by atoms with Crippen LogP contribution < -0.4 is 9.47 Å². The van der Waals surface area contributed by atoms with E-state index in [9.17, 15) is 4.79 Å². The molecule has 0 saturated carbocycles. The van der Waals surface area contributed by atoms with Crippen molar-refractivity contribution in [2.75, 3.05) is 14.2 Å². The summed E-state index contributed by atoms with van der Waals surface area (Å²) in [5.74, 6) is 0.881. The minimum absolute atomic E-state index is 0.183. The van der Waals surface area contributed by atoms with Gasteiger partial charge in [0.05, 0.1) is 14.2 Å². The number of methoxy groups -OCH3 is 2. The highest BCUT2D eigenvalue weighted by atomic mass is 35.5. The lowest BCUT2D eigenvalue weighted by atomic mass is 10.1. The van der Waals surface area contributed by atoms with Crippen LogP contribution in [0.1, 0.15) is 15.9 Å². The molecule has 0 aliphatic heterocycles. The summed E-state index contributed by atoms with van der Waals surface area (Å²) in [4.78, 5) is 12.2. The van der Waals surface area contributed by atoms with Crippen LogP contribution in [0.5, 0.6) is 11.5 Å². The second kappa shape index (κ2) is 7.34. The van der Waals surface area contributed by atoms with Crippen LogP contribution >= 0.6 is 23.2 Å². The van der Waals surface area contributed by atoms with Gasteiger partial charge >= 0.3 is 0 Å². The molecule has 0 heterocycles. The molecule has 2 aromatic carbocycles. The van der Waals surface area contributed by atoms with Crippen molar-refractivity contribution in [1.82, 2.24) is 0 Å². The SMILES string of the molecule is COc1ccc(C(=O)/C=C/c2c(Cl)cccc2Cl)cc1OC. The summed E-state index contributed by atoms with van der Waals surface area (Å²) >= 11 is 12.1. The molecule has 22 heavy (non-hydrogen) atoms. The molecule has 114 valence electrons. The largest absolute Gasteiger partial charge is 0.493 e. The Morgan fingerprint density at radius 3 is 2.23 bits per heavy atom. The normalized spacial score (nSPS) is 10.7. The van der Waals surface area contributed by atoms with Gasteiger partial charge in [-0.25, -0.2) is 0 Å². The number of hydrogen-bond acceptors (Lipinski definition) is 3. The standard InChI is InChI=1S/C17H14Cl2O3/c1-21-16-9-6-11(10-17(16)22-2)15(20)8-7-12-13(18)4-3-5-14(12)19/h3-10H,1-2H3/b8-7+. The Hall–Kier alpha value is -1.97. The first-order chi connectivity index (χ1) is 10.6. The molecule has 0 radical (unpaired) electrons. The molecule has 2 aromatic rings. The minimum Gasteiger partial charge on any atom is -0.493 e. The van der Waals surface area contributed by atoms with Gasteiger partial charge in [0.25, 0.3) is 0 Å². The van der Waals surface area contributed by atoms with E-state index in [1.807, 2.05) is 0 Å². The molecule has 0 atom stereocenters. The molecule has 0 bridgehead atoms. The Bertz CT molecular complexity index is 704. The molecule has 5 heteroatoms. The summed E-state index contributed by atoms with van der Waals surface area (Å²) in [6, 6.07) is 10.2. The van der Waals surface area contributed by atoms with Gasteiger partial charge in [-0.15, -0.1) is 0 Å². The number of allylic oxidation sites excluding steroid dienone is 1. The van der Waals surface area contributed by atoms with Crippen LogP contribution in [0.4, 0.5) is 0 Å². The van der Waals surface area contributed by atoms with Gasteiger partial charge < -0.3 is 9.47 Å². The summed E-state index contributed by atoms with van der Waals surface area (Å²) in [6.45, 7) is 0. The molecule has 0 unspecified atom stereocenters. The van der Waals surface area contributed by atoms with E-state index in [0.717, 1.165) is 0 Å². The van der Waals surface area contributed by atoms with E-state index >= 15 is 0 Å². The van der Waals surface area contributed by atoms with Crippen molar-refractivity contribution >= 4 is 35.1 Å². The predicted octanol–water partition coefficient (Wildman–Crippen LogP) is 4.91. The van der Waals surface area contributed by atoms with Crippen LogP contribution in [0.3, 0.4) is 0 Å². The molecule has 0 amide bonds. The number of ketones is 1. The van der Waals surface area contributed by atoms with Crippen molar-refractivity contribution in [3.8, 4) is 11.5 Å². The second-order valence-corrected chi connectivity index (χ2v) is 5.22. The van der Waals surface area contributed by atoms with E-state index in [-0.39, 0.29) is 5.78 Å². The number of ether oxygens (including phenoxy) is 2. The number of halogens is 2. The zero-order chi connectivity index (χ0) is 16.1. The van der Waals surface area contributed by atoms with Gasteiger partial charge in [-0.3, -0.25) is 4.79 Å². The van der Waals surface area contributed by atoms with Gasteiger partial charge in [-0.2, -0.15) is 0 Å². The van der Waals surface area contributed by atoms with E-state index in [0.29, 0.717) is 32.7 Å². The third-order valence-electron chi connectivity index (χ3n) is 3.07. The lowest BCUT2D eigenvalue weighted by Crippen LogP contribution is -1.97. The summed E-state index contributed by atoms with van der Waals surface area (Å²) < 4.78 is 10.3. The fraction of sp³-hybridized carbons (Fsp3) is 0.118.